The van der Waals surface area contributed by atoms with E-state index in [1.54, 1.807) is 12.1 Å². The van der Waals surface area contributed by atoms with Crippen LogP contribution in [0.15, 0.2) is 24.3 Å². The predicted octanol–water partition coefficient (Wildman–Crippen LogP) is 3.21. The number of benzene rings is 1. The lowest BCUT2D eigenvalue weighted by molar-refractivity contribution is 0.176. The molecule has 1 aromatic rings. The Morgan fingerprint density at radius 1 is 1.42 bits per heavy atom. The molecule has 2 atom stereocenters. The van der Waals surface area contributed by atoms with Gasteiger partial charge in [0.1, 0.15) is 5.82 Å². The predicted molar refractivity (Wildman–Crippen MR) is 77.7 cm³/mol. The normalized spacial score (nSPS) is 22.4. The molecule has 0 bridgehead atoms. The minimum absolute atomic E-state index is 0.103. The van der Waals surface area contributed by atoms with Crippen molar-refractivity contribution in [3.8, 4) is 0 Å². The van der Waals surface area contributed by atoms with Gasteiger partial charge in [-0.3, -0.25) is 0 Å². The number of hydrogen-bond acceptors (Lipinski definition) is 2. The maximum atomic E-state index is 13.8. The molecule has 1 aliphatic heterocycles. The molecule has 106 valence electrons. The van der Waals surface area contributed by atoms with E-state index in [1.807, 2.05) is 19.2 Å². The summed E-state index contributed by atoms with van der Waals surface area (Å²) in [5.74, 6) is 0.698. The summed E-state index contributed by atoms with van der Waals surface area (Å²) in [6.07, 6.45) is 3.61. The van der Waals surface area contributed by atoms with E-state index in [4.69, 9.17) is 0 Å². The smallest absolute Gasteiger partial charge is 0.127 e. The summed E-state index contributed by atoms with van der Waals surface area (Å²) in [4.78, 5) is 2.51. The highest BCUT2D eigenvalue weighted by atomic mass is 19.1. The second kappa shape index (κ2) is 7.01. The lowest BCUT2D eigenvalue weighted by Gasteiger charge is -2.32. The Morgan fingerprint density at radius 2 is 2.21 bits per heavy atom. The van der Waals surface area contributed by atoms with Gasteiger partial charge < -0.3 is 10.2 Å². The summed E-state index contributed by atoms with van der Waals surface area (Å²) in [7, 11) is 1.91. The van der Waals surface area contributed by atoms with Gasteiger partial charge in [-0.2, -0.15) is 0 Å². The van der Waals surface area contributed by atoms with Crippen LogP contribution in [-0.4, -0.2) is 31.6 Å². The number of likely N-dealkylation sites (tertiary alicyclic amines) is 1. The minimum Gasteiger partial charge on any atom is -0.313 e. The third-order valence-electron chi connectivity index (χ3n) is 4.10. The Balaban J connectivity index is 1.91. The fourth-order valence-corrected chi connectivity index (χ4v) is 3.01. The maximum absolute atomic E-state index is 13.8. The second-order valence-corrected chi connectivity index (χ2v) is 5.70. The van der Waals surface area contributed by atoms with E-state index in [1.165, 1.54) is 25.9 Å². The van der Waals surface area contributed by atoms with Gasteiger partial charge in [0, 0.05) is 18.2 Å². The van der Waals surface area contributed by atoms with E-state index in [0.717, 1.165) is 24.4 Å². The standard InChI is InChI=1S/C16H25FN2/c1-13-6-5-10-19(12-13)11-9-16(18-2)14-7-3-4-8-15(14)17/h3-4,7-8,13,16,18H,5-6,9-12H2,1-2H3. The molecule has 1 aromatic carbocycles. The summed E-state index contributed by atoms with van der Waals surface area (Å²) < 4.78 is 13.8. The third-order valence-corrected chi connectivity index (χ3v) is 4.10. The first kappa shape index (κ1) is 14.5. The van der Waals surface area contributed by atoms with Gasteiger partial charge in [-0.1, -0.05) is 25.1 Å². The highest BCUT2D eigenvalue weighted by Crippen LogP contribution is 2.22. The van der Waals surface area contributed by atoms with Gasteiger partial charge >= 0.3 is 0 Å². The Morgan fingerprint density at radius 3 is 2.89 bits per heavy atom. The summed E-state index contributed by atoms with van der Waals surface area (Å²) in [5, 5.41) is 3.24. The fourth-order valence-electron chi connectivity index (χ4n) is 3.01. The van der Waals surface area contributed by atoms with Crippen LogP contribution in [0.5, 0.6) is 0 Å². The van der Waals surface area contributed by atoms with E-state index in [-0.39, 0.29) is 11.9 Å². The highest BCUT2D eigenvalue weighted by Gasteiger charge is 2.19. The average Bonchev–Trinajstić information content (AvgIpc) is 2.41. The number of nitrogens with zero attached hydrogens (tertiary/aromatic N) is 1. The molecule has 0 amide bonds. The van der Waals surface area contributed by atoms with Crippen molar-refractivity contribution in [2.75, 3.05) is 26.7 Å². The number of halogens is 1. The number of nitrogens with one attached hydrogen (secondary N) is 1. The monoisotopic (exact) mass is 264 g/mol. The first-order chi connectivity index (χ1) is 9.20. The van der Waals surface area contributed by atoms with E-state index >= 15 is 0 Å². The molecule has 2 rings (SSSR count). The van der Waals surface area contributed by atoms with Crippen molar-refractivity contribution in [2.24, 2.45) is 5.92 Å². The molecular weight excluding hydrogens is 239 g/mol. The first-order valence-electron chi connectivity index (χ1n) is 7.34. The molecule has 1 aliphatic rings. The summed E-state index contributed by atoms with van der Waals surface area (Å²) >= 11 is 0. The largest absolute Gasteiger partial charge is 0.313 e. The molecule has 0 aliphatic carbocycles. The Labute approximate surface area is 116 Å². The second-order valence-electron chi connectivity index (χ2n) is 5.70. The van der Waals surface area contributed by atoms with E-state index < -0.39 is 0 Å². The molecule has 0 aromatic heterocycles. The topological polar surface area (TPSA) is 15.3 Å². The van der Waals surface area contributed by atoms with Crippen molar-refractivity contribution in [3.63, 3.8) is 0 Å². The zero-order valence-corrected chi connectivity index (χ0v) is 12.0. The molecule has 19 heavy (non-hydrogen) atoms. The van der Waals surface area contributed by atoms with Crippen LogP contribution in [0.2, 0.25) is 0 Å². The molecule has 0 radical (unpaired) electrons. The van der Waals surface area contributed by atoms with Gasteiger partial charge in [0.05, 0.1) is 0 Å². The molecular formula is C16H25FN2. The van der Waals surface area contributed by atoms with E-state index in [9.17, 15) is 4.39 Å². The molecule has 1 heterocycles. The van der Waals surface area contributed by atoms with Crippen LogP contribution in [0.1, 0.15) is 37.8 Å². The van der Waals surface area contributed by atoms with Crippen molar-refractivity contribution in [1.29, 1.82) is 0 Å². The maximum Gasteiger partial charge on any atom is 0.127 e. The van der Waals surface area contributed by atoms with Crippen LogP contribution in [0.25, 0.3) is 0 Å². The van der Waals surface area contributed by atoms with Gasteiger partial charge in [0.15, 0.2) is 0 Å². The Bertz CT molecular complexity index is 394. The van der Waals surface area contributed by atoms with Gasteiger partial charge in [-0.25, -0.2) is 4.39 Å². The van der Waals surface area contributed by atoms with E-state index in [0.29, 0.717) is 0 Å². The Hall–Kier alpha value is -0.930. The average molecular weight is 264 g/mol. The van der Waals surface area contributed by atoms with Gasteiger partial charge in [0.25, 0.3) is 0 Å². The molecule has 0 spiro atoms. The van der Waals surface area contributed by atoms with Crippen molar-refractivity contribution >= 4 is 0 Å². The van der Waals surface area contributed by atoms with E-state index in [2.05, 4.69) is 17.1 Å². The quantitative estimate of drug-likeness (QED) is 0.878. The highest BCUT2D eigenvalue weighted by molar-refractivity contribution is 5.21. The van der Waals surface area contributed by atoms with Gasteiger partial charge in [0.2, 0.25) is 0 Å². The van der Waals surface area contributed by atoms with Crippen LogP contribution in [0.4, 0.5) is 4.39 Å². The molecule has 1 N–H and O–H groups in total. The van der Waals surface area contributed by atoms with Gasteiger partial charge in [-0.15, -0.1) is 0 Å². The van der Waals surface area contributed by atoms with Crippen LogP contribution < -0.4 is 5.32 Å². The summed E-state index contributed by atoms with van der Waals surface area (Å²) in [6.45, 7) is 5.74. The van der Waals surface area contributed by atoms with Gasteiger partial charge in [-0.05, 0) is 51.4 Å². The zero-order valence-electron chi connectivity index (χ0n) is 12.0. The van der Waals surface area contributed by atoms with Crippen molar-refractivity contribution < 1.29 is 4.39 Å². The summed E-state index contributed by atoms with van der Waals surface area (Å²) in [5.41, 5.74) is 0.787. The zero-order chi connectivity index (χ0) is 13.7. The van der Waals surface area contributed by atoms with Crippen molar-refractivity contribution in [2.45, 2.75) is 32.2 Å². The number of hydrogen-bond donors (Lipinski definition) is 1. The molecule has 1 saturated heterocycles. The molecule has 1 fully saturated rings. The van der Waals surface area contributed by atoms with Crippen molar-refractivity contribution in [1.82, 2.24) is 10.2 Å². The Kier molecular flexibility index (Phi) is 5.34. The van der Waals surface area contributed by atoms with Crippen LogP contribution in [-0.2, 0) is 0 Å². The SMILES string of the molecule is CNC(CCN1CCCC(C)C1)c1ccccc1F. The van der Waals surface area contributed by atoms with Crippen LogP contribution in [0, 0.1) is 11.7 Å². The third kappa shape index (κ3) is 4.02. The van der Waals surface area contributed by atoms with Crippen molar-refractivity contribution in [3.05, 3.63) is 35.6 Å². The molecule has 3 heteroatoms. The summed E-state index contributed by atoms with van der Waals surface area (Å²) in [6, 6.07) is 7.19. The van der Waals surface area contributed by atoms with Crippen LogP contribution >= 0.6 is 0 Å². The van der Waals surface area contributed by atoms with Crippen LogP contribution in [0.3, 0.4) is 0 Å². The molecule has 0 saturated carbocycles. The lowest BCUT2D eigenvalue weighted by Crippen LogP contribution is -2.36. The molecule has 2 nitrogen and oxygen atoms in total. The lowest BCUT2D eigenvalue weighted by atomic mass is 9.98. The minimum atomic E-state index is -0.103. The number of rotatable bonds is 5. The molecule has 2 unspecified atom stereocenters. The fraction of sp³-hybridized carbons (Fsp3) is 0.625. The number of piperidine rings is 1. The first-order valence-corrected chi connectivity index (χ1v) is 7.34.